The van der Waals surface area contributed by atoms with Crippen molar-refractivity contribution in [1.29, 1.82) is 0 Å². The second kappa shape index (κ2) is 7.48. The van der Waals surface area contributed by atoms with Crippen molar-refractivity contribution in [2.45, 2.75) is 18.9 Å². The van der Waals surface area contributed by atoms with Crippen molar-refractivity contribution < 1.29 is 14.0 Å². The van der Waals surface area contributed by atoms with Crippen LogP contribution in [0.15, 0.2) is 30.3 Å². The van der Waals surface area contributed by atoms with Crippen LogP contribution in [0.3, 0.4) is 0 Å². The monoisotopic (exact) mass is 371 g/mol. The van der Waals surface area contributed by atoms with E-state index in [1.807, 2.05) is 4.90 Å². The topological polar surface area (TPSA) is 81.3 Å². The number of likely N-dealkylation sites (tertiary alicyclic amines) is 1. The molecule has 2 N–H and O–H groups in total. The molecule has 142 valence electrons. The van der Waals surface area contributed by atoms with Gasteiger partial charge in [-0.05, 0) is 43.2 Å². The van der Waals surface area contributed by atoms with E-state index in [0.29, 0.717) is 37.6 Å². The molecular formula is C19H22FN5O2. The Kier molecular flexibility index (Phi) is 4.89. The Hall–Kier alpha value is -2.74. The first-order chi connectivity index (χ1) is 13.1. The number of carbonyl (C=O) groups is 2. The highest BCUT2D eigenvalue weighted by Crippen LogP contribution is 2.21. The number of aromatic nitrogens is 2. The molecule has 0 bridgehead atoms. The van der Waals surface area contributed by atoms with Gasteiger partial charge in [-0.1, -0.05) is 0 Å². The Balaban J connectivity index is 1.46. The minimum atomic E-state index is -0.313. The summed E-state index contributed by atoms with van der Waals surface area (Å²) in [7, 11) is 0. The van der Waals surface area contributed by atoms with E-state index in [2.05, 4.69) is 15.5 Å². The third-order valence-corrected chi connectivity index (χ3v) is 5.20. The third kappa shape index (κ3) is 3.71. The van der Waals surface area contributed by atoms with Crippen LogP contribution >= 0.6 is 0 Å². The molecule has 0 spiro atoms. The highest BCUT2D eigenvalue weighted by Gasteiger charge is 2.32. The highest BCUT2D eigenvalue weighted by atomic mass is 19.1. The van der Waals surface area contributed by atoms with Gasteiger partial charge in [0.05, 0.1) is 12.2 Å². The summed E-state index contributed by atoms with van der Waals surface area (Å²) >= 11 is 0. The number of hydrogen-bond acceptors (Lipinski definition) is 4. The summed E-state index contributed by atoms with van der Waals surface area (Å²) in [6.45, 7) is 3.05. The predicted octanol–water partition coefficient (Wildman–Crippen LogP) is 1.25. The van der Waals surface area contributed by atoms with Gasteiger partial charge in [0.2, 0.25) is 5.91 Å². The van der Waals surface area contributed by atoms with Crippen molar-refractivity contribution in [3.05, 3.63) is 41.8 Å². The first kappa shape index (κ1) is 17.7. The van der Waals surface area contributed by atoms with Gasteiger partial charge in [0.15, 0.2) is 0 Å². The molecule has 1 unspecified atom stereocenters. The molecule has 3 heterocycles. The molecule has 0 aliphatic carbocycles. The van der Waals surface area contributed by atoms with Crippen LogP contribution in [0.4, 0.5) is 4.39 Å². The molecule has 2 fully saturated rings. The van der Waals surface area contributed by atoms with Crippen molar-refractivity contribution in [2.24, 2.45) is 0 Å². The Morgan fingerprint density at radius 2 is 2.04 bits per heavy atom. The van der Waals surface area contributed by atoms with Gasteiger partial charge in [0, 0.05) is 37.8 Å². The van der Waals surface area contributed by atoms with Gasteiger partial charge < -0.3 is 15.1 Å². The van der Waals surface area contributed by atoms with Crippen LogP contribution in [0.25, 0.3) is 11.3 Å². The molecule has 2 aliphatic heterocycles. The lowest BCUT2D eigenvalue weighted by molar-refractivity contribution is -0.135. The molecule has 2 aromatic rings. The van der Waals surface area contributed by atoms with Crippen LogP contribution in [0.2, 0.25) is 0 Å². The van der Waals surface area contributed by atoms with Gasteiger partial charge in [-0.2, -0.15) is 5.10 Å². The standard InChI is InChI=1S/C19H22FN5O2/c20-14-5-3-13(4-6-14)16-10-17(23-22-16)19(27)24-8-1-2-15(12-24)25-9-7-21-11-18(25)26/h3-6,10,15,21H,1-2,7-9,11-12H2,(H,22,23). The van der Waals surface area contributed by atoms with Crippen LogP contribution in [0.1, 0.15) is 23.3 Å². The van der Waals surface area contributed by atoms with Crippen LogP contribution in [-0.2, 0) is 4.79 Å². The number of H-pyrrole nitrogens is 1. The molecule has 8 heteroatoms. The van der Waals surface area contributed by atoms with Gasteiger partial charge in [-0.25, -0.2) is 4.39 Å². The molecule has 4 rings (SSSR count). The molecule has 27 heavy (non-hydrogen) atoms. The van der Waals surface area contributed by atoms with E-state index in [0.717, 1.165) is 24.9 Å². The number of rotatable bonds is 3. The molecule has 1 aromatic heterocycles. The smallest absolute Gasteiger partial charge is 0.271 e. The number of piperazine rings is 1. The van der Waals surface area contributed by atoms with Crippen LogP contribution < -0.4 is 5.32 Å². The fourth-order valence-electron chi connectivity index (χ4n) is 3.77. The maximum Gasteiger partial charge on any atom is 0.271 e. The van der Waals surface area contributed by atoms with E-state index in [4.69, 9.17) is 0 Å². The van der Waals surface area contributed by atoms with Crippen LogP contribution in [0, 0.1) is 5.82 Å². The van der Waals surface area contributed by atoms with Crippen LogP contribution in [0.5, 0.6) is 0 Å². The van der Waals surface area contributed by atoms with Crippen molar-refractivity contribution >= 4 is 11.8 Å². The summed E-state index contributed by atoms with van der Waals surface area (Å²) in [5, 5.41) is 10.1. The Labute approximate surface area is 156 Å². The average molecular weight is 371 g/mol. The molecule has 2 amide bonds. The second-order valence-electron chi connectivity index (χ2n) is 6.98. The largest absolute Gasteiger partial charge is 0.336 e. The average Bonchev–Trinajstić information content (AvgIpc) is 3.18. The first-order valence-electron chi connectivity index (χ1n) is 9.22. The lowest BCUT2D eigenvalue weighted by atomic mass is 10.0. The highest BCUT2D eigenvalue weighted by molar-refractivity contribution is 5.93. The SMILES string of the molecule is O=C(c1cc(-c2ccc(F)cc2)n[nH]1)N1CCCC(N2CCNCC2=O)C1. The van der Waals surface area contributed by atoms with E-state index in [-0.39, 0.29) is 23.7 Å². The summed E-state index contributed by atoms with van der Waals surface area (Å²) in [5.74, 6) is -0.337. The van der Waals surface area contributed by atoms with E-state index in [1.165, 1.54) is 12.1 Å². The van der Waals surface area contributed by atoms with E-state index < -0.39 is 0 Å². The van der Waals surface area contributed by atoms with Crippen molar-refractivity contribution in [2.75, 3.05) is 32.7 Å². The lowest BCUT2D eigenvalue weighted by Gasteiger charge is -2.41. The van der Waals surface area contributed by atoms with Gasteiger partial charge in [0.1, 0.15) is 11.5 Å². The number of aromatic amines is 1. The van der Waals surface area contributed by atoms with E-state index in [1.54, 1.807) is 23.1 Å². The van der Waals surface area contributed by atoms with Crippen LogP contribution in [-0.4, -0.2) is 70.6 Å². The summed E-state index contributed by atoms with van der Waals surface area (Å²) in [5.41, 5.74) is 1.75. The van der Waals surface area contributed by atoms with Gasteiger partial charge in [-0.15, -0.1) is 0 Å². The Morgan fingerprint density at radius 1 is 1.22 bits per heavy atom. The maximum absolute atomic E-state index is 13.1. The number of carbonyl (C=O) groups excluding carboxylic acids is 2. The molecule has 1 aromatic carbocycles. The predicted molar refractivity (Wildman–Crippen MR) is 97.5 cm³/mol. The van der Waals surface area contributed by atoms with Gasteiger partial charge in [-0.3, -0.25) is 14.7 Å². The van der Waals surface area contributed by atoms with Crippen molar-refractivity contribution in [1.82, 2.24) is 25.3 Å². The molecule has 0 radical (unpaired) electrons. The van der Waals surface area contributed by atoms with Crippen molar-refractivity contribution in [3.63, 3.8) is 0 Å². The molecular weight excluding hydrogens is 349 g/mol. The summed E-state index contributed by atoms with van der Waals surface area (Å²) in [6.07, 6.45) is 1.78. The number of nitrogens with zero attached hydrogens (tertiary/aromatic N) is 3. The summed E-state index contributed by atoms with van der Waals surface area (Å²) in [6, 6.07) is 7.75. The minimum absolute atomic E-state index is 0.0665. The molecule has 0 saturated carbocycles. The van der Waals surface area contributed by atoms with E-state index >= 15 is 0 Å². The number of benzene rings is 1. The zero-order valence-corrected chi connectivity index (χ0v) is 14.9. The molecule has 7 nitrogen and oxygen atoms in total. The van der Waals surface area contributed by atoms with Gasteiger partial charge >= 0.3 is 0 Å². The molecule has 2 saturated heterocycles. The quantitative estimate of drug-likeness (QED) is 0.851. The minimum Gasteiger partial charge on any atom is -0.336 e. The number of halogens is 1. The summed E-state index contributed by atoms with van der Waals surface area (Å²) < 4.78 is 13.1. The third-order valence-electron chi connectivity index (χ3n) is 5.20. The maximum atomic E-state index is 13.1. The zero-order chi connectivity index (χ0) is 18.8. The number of amides is 2. The number of nitrogens with one attached hydrogen (secondary N) is 2. The summed E-state index contributed by atoms with van der Waals surface area (Å²) in [4.78, 5) is 28.7. The Bertz CT molecular complexity index is 835. The fraction of sp³-hybridized carbons (Fsp3) is 0.421. The van der Waals surface area contributed by atoms with E-state index in [9.17, 15) is 14.0 Å². The molecule has 2 aliphatic rings. The lowest BCUT2D eigenvalue weighted by Crippen LogP contribution is -2.57. The normalized spacial score (nSPS) is 20.8. The fourth-order valence-corrected chi connectivity index (χ4v) is 3.77. The Morgan fingerprint density at radius 3 is 2.81 bits per heavy atom. The number of piperidine rings is 1. The number of hydrogen-bond donors (Lipinski definition) is 2. The first-order valence-corrected chi connectivity index (χ1v) is 9.22. The molecule has 1 atom stereocenters. The second-order valence-corrected chi connectivity index (χ2v) is 6.98. The van der Waals surface area contributed by atoms with Crippen molar-refractivity contribution in [3.8, 4) is 11.3 Å². The van der Waals surface area contributed by atoms with Gasteiger partial charge in [0.25, 0.3) is 5.91 Å². The zero-order valence-electron chi connectivity index (χ0n) is 14.9.